The number of aromatic nitrogens is 2. The van der Waals surface area contributed by atoms with Crippen molar-refractivity contribution in [1.29, 1.82) is 0 Å². The third-order valence-electron chi connectivity index (χ3n) is 4.58. The summed E-state index contributed by atoms with van der Waals surface area (Å²) in [4.78, 5) is 19.5. The van der Waals surface area contributed by atoms with Crippen LogP contribution >= 0.6 is 0 Å². The van der Waals surface area contributed by atoms with Gasteiger partial charge in [0.15, 0.2) is 0 Å². The van der Waals surface area contributed by atoms with E-state index in [2.05, 4.69) is 10.1 Å². The SMILES string of the molecule is COc1cccc(OC)c1C(=O)N(Cc1nc(-c2cccc(C)c2)no1)C(C)C. The summed E-state index contributed by atoms with van der Waals surface area (Å²) >= 11 is 0. The van der Waals surface area contributed by atoms with E-state index in [4.69, 9.17) is 14.0 Å². The van der Waals surface area contributed by atoms with Crippen molar-refractivity contribution in [3.05, 3.63) is 59.5 Å². The Balaban J connectivity index is 1.90. The predicted octanol–water partition coefficient (Wildman–Crippen LogP) is 4.11. The molecule has 0 aliphatic rings. The van der Waals surface area contributed by atoms with Gasteiger partial charge in [0.05, 0.1) is 14.2 Å². The van der Waals surface area contributed by atoms with Crippen LogP contribution in [0.1, 0.15) is 35.7 Å². The minimum absolute atomic E-state index is 0.105. The Kier molecular flexibility index (Phi) is 6.16. The summed E-state index contributed by atoms with van der Waals surface area (Å²) in [5.41, 5.74) is 2.34. The third kappa shape index (κ3) is 4.39. The van der Waals surface area contributed by atoms with E-state index in [1.165, 1.54) is 14.2 Å². The molecular weight excluding hydrogens is 370 g/mol. The molecule has 0 spiro atoms. The van der Waals surface area contributed by atoms with Gasteiger partial charge in [-0.15, -0.1) is 0 Å². The van der Waals surface area contributed by atoms with Crippen molar-refractivity contribution >= 4 is 5.91 Å². The standard InChI is InChI=1S/C22H25N3O4/c1-14(2)25(22(26)20-17(27-4)10-7-11-18(20)28-5)13-19-23-21(24-29-19)16-9-6-8-15(3)12-16/h6-12,14H,13H2,1-5H3. The Labute approximate surface area is 170 Å². The molecule has 0 fully saturated rings. The molecule has 1 aromatic heterocycles. The Hall–Kier alpha value is -3.35. The van der Waals surface area contributed by atoms with E-state index in [0.717, 1.165) is 11.1 Å². The van der Waals surface area contributed by atoms with Gasteiger partial charge < -0.3 is 18.9 Å². The molecule has 0 saturated carbocycles. The molecule has 7 nitrogen and oxygen atoms in total. The topological polar surface area (TPSA) is 77.7 Å². The highest BCUT2D eigenvalue weighted by atomic mass is 16.5. The highest BCUT2D eigenvalue weighted by molar-refractivity contribution is 5.99. The smallest absolute Gasteiger partial charge is 0.262 e. The van der Waals surface area contributed by atoms with Crippen LogP contribution < -0.4 is 9.47 Å². The van der Waals surface area contributed by atoms with Gasteiger partial charge in [-0.25, -0.2) is 0 Å². The lowest BCUT2D eigenvalue weighted by Gasteiger charge is -2.26. The lowest BCUT2D eigenvalue weighted by molar-refractivity contribution is 0.0660. The van der Waals surface area contributed by atoms with Gasteiger partial charge in [0.25, 0.3) is 5.91 Å². The number of hydrogen-bond donors (Lipinski definition) is 0. The molecular formula is C22H25N3O4. The van der Waals surface area contributed by atoms with Crippen molar-refractivity contribution in [3.8, 4) is 22.9 Å². The minimum Gasteiger partial charge on any atom is -0.496 e. The van der Waals surface area contributed by atoms with E-state index in [1.807, 2.05) is 45.0 Å². The van der Waals surface area contributed by atoms with Gasteiger partial charge in [0.2, 0.25) is 11.7 Å². The summed E-state index contributed by atoms with van der Waals surface area (Å²) in [5, 5.41) is 4.07. The van der Waals surface area contributed by atoms with Crippen molar-refractivity contribution in [3.63, 3.8) is 0 Å². The van der Waals surface area contributed by atoms with E-state index in [1.54, 1.807) is 23.1 Å². The maximum atomic E-state index is 13.3. The zero-order chi connectivity index (χ0) is 21.0. The molecule has 0 bridgehead atoms. The maximum Gasteiger partial charge on any atom is 0.262 e. The van der Waals surface area contributed by atoms with E-state index in [-0.39, 0.29) is 18.5 Å². The number of amides is 1. The van der Waals surface area contributed by atoms with Gasteiger partial charge >= 0.3 is 0 Å². The molecule has 0 aliphatic carbocycles. The van der Waals surface area contributed by atoms with Crippen LogP contribution in [0, 0.1) is 6.92 Å². The second kappa shape index (κ2) is 8.77. The van der Waals surface area contributed by atoms with Crippen LogP contribution in [0.4, 0.5) is 0 Å². The fraction of sp³-hybridized carbons (Fsp3) is 0.318. The van der Waals surface area contributed by atoms with Crippen LogP contribution in [0.5, 0.6) is 11.5 Å². The predicted molar refractivity (Wildman–Crippen MR) is 109 cm³/mol. The summed E-state index contributed by atoms with van der Waals surface area (Å²) in [5.74, 6) is 1.52. The molecule has 0 saturated heterocycles. The molecule has 1 heterocycles. The first kappa shape index (κ1) is 20.4. The number of aryl methyl sites for hydroxylation is 1. The molecule has 29 heavy (non-hydrogen) atoms. The first-order valence-electron chi connectivity index (χ1n) is 9.36. The summed E-state index contributed by atoms with van der Waals surface area (Å²) in [7, 11) is 3.05. The summed E-state index contributed by atoms with van der Waals surface area (Å²) in [6, 6.07) is 13.0. The zero-order valence-corrected chi connectivity index (χ0v) is 17.3. The van der Waals surface area contributed by atoms with Crippen molar-refractivity contribution in [2.24, 2.45) is 0 Å². The van der Waals surface area contributed by atoms with E-state index < -0.39 is 0 Å². The lowest BCUT2D eigenvalue weighted by atomic mass is 10.1. The molecule has 3 aromatic rings. The Bertz CT molecular complexity index is 975. The molecule has 2 aromatic carbocycles. The molecule has 1 amide bonds. The average Bonchev–Trinajstić information content (AvgIpc) is 3.19. The largest absolute Gasteiger partial charge is 0.496 e. The number of hydrogen-bond acceptors (Lipinski definition) is 6. The van der Waals surface area contributed by atoms with E-state index in [9.17, 15) is 4.79 Å². The summed E-state index contributed by atoms with van der Waals surface area (Å²) in [6.45, 7) is 6.04. The van der Waals surface area contributed by atoms with Crippen molar-refractivity contribution in [2.75, 3.05) is 14.2 Å². The third-order valence-corrected chi connectivity index (χ3v) is 4.58. The van der Waals surface area contributed by atoms with Gasteiger partial charge in [-0.2, -0.15) is 4.98 Å². The second-order valence-electron chi connectivity index (χ2n) is 6.95. The Morgan fingerprint density at radius 1 is 1.10 bits per heavy atom. The molecule has 0 aliphatic heterocycles. The van der Waals surface area contributed by atoms with Crippen LogP contribution in [0.2, 0.25) is 0 Å². The molecule has 7 heteroatoms. The number of methoxy groups -OCH3 is 2. The molecule has 3 rings (SSSR count). The number of carbonyl (C=O) groups is 1. The van der Waals surface area contributed by atoms with Gasteiger partial charge in [0, 0.05) is 11.6 Å². The molecule has 0 radical (unpaired) electrons. The van der Waals surface area contributed by atoms with Gasteiger partial charge in [0.1, 0.15) is 23.6 Å². The first-order chi connectivity index (χ1) is 13.9. The Morgan fingerprint density at radius 2 is 1.76 bits per heavy atom. The zero-order valence-electron chi connectivity index (χ0n) is 17.3. The molecule has 152 valence electrons. The molecule has 0 N–H and O–H groups in total. The number of rotatable bonds is 7. The number of benzene rings is 2. The van der Waals surface area contributed by atoms with Crippen LogP contribution in [0.25, 0.3) is 11.4 Å². The average molecular weight is 395 g/mol. The normalized spacial score (nSPS) is 10.8. The maximum absolute atomic E-state index is 13.3. The van der Waals surface area contributed by atoms with Gasteiger partial charge in [-0.05, 0) is 39.0 Å². The van der Waals surface area contributed by atoms with Crippen LogP contribution in [0.15, 0.2) is 47.0 Å². The van der Waals surface area contributed by atoms with Crippen molar-refractivity contribution < 1.29 is 18.8 Å². The van der Waals surface area contributed by atoms with Crippen molar-refractivity contribution in [2.45, 2.75) is 33.4 Å². The second-order valence-corrected chi connectivity index (χ2v) is 6.95. The first-order valence-corrected chi connectivity index (χ1v) is 9.36. The number of carbonyl (C=O) groups excluding carboxylic acids is 1. The van der Waals surface area contributed by atoms with Crippen molar-refractivity contribution in [1.82, 2.24) is 15.0 Å². The van der Waals surface area contributed by atoms with Crippen LogP contribution in [0.3, 0.4) is 0 Å². The van der Waals surface area contributed by atoms with E-state index >= 15 is 0 Å². The minimum atomic E-state index is -0.232. The van der Waals surface area contributed by atoms with E-state index in [0.29, 0.717) is 28.8 Å². The lowest BCUT2D eigenvalue weighted by Crippen LogP contribution is -2.37. The van der Waals surface area contributed by atoms with Crippen LogP contribution in [-0.4, -0.2) is 41.2 Å². The summed E-state index contributed by atoms with van der Waals surface area (Å²) < 4.78 is 16.2. The quantitative estimate of drug-likeness (QED) is 0.599. The number of ether oxygens (including phenoxy) is 2. The summed E-state index contributed by atoms with van der Waals surface area (Å²) in [6.07, 6.45) is 0. The van der Waals surface area contributed by atoms with Crippen LogP contribution in [-0.2, 0) is 6.54 Å². The molecule has 0 unspecified atom stereocenters. The fourth-order valence-corrected chi connectivity index (χ4v) is 3.06. The Morgan fingerprint density at radius 3 is 2.34 bits per heavy atom. The number of nitrogens with zero attached hydrogens (tertiary/aromatic N) is 3. The monoisotopic (exact) mass is 395 g/mol. The van der Waals surface area contributed by atoms with Gasteiger partial charge in [-0.3, -0.25) is 4.79 Å². The molecule has 0 atom stereocenters. The highest BCUT2D eigenvalue weighted by Gasteiger charge is 2.27. The van der Waals surface area contributed by atoms with Gasteiger partial charge in [-0.1, -0.05) is 35.0 Å². The fourth-order valence-electron chi connectivity index (χ4n) is 3.06. The highest BCUT2D eigenvalue weighted by Crippen LogP contribution is 2.30.